The van der Waals surface area contributed by atoms with Crippen LogP contribution in [-0.2, 0) is 18.8 Å². The average molecular weight is 522 g/mol. The number of amides is 2. The van der Waals surface area contributed by atoms with Crippen LogP contribution in [0.4, 0.5) is 4.79 Å². The summed E-state index contributed by atoms with van der Waals surface area (Å²) in [5.41, 5.74) is 2.22. The topological polar surface area (TPSA) is 106 Å². The largest absolute Gasteiger partial charge is 0.494 e. The Morgan fingerprint density at radius 3 is 2.32 bits per heavy atom. The quantitative estimate of drug-likeness (QED) is 0.559. The molecule has 1 aromatic carbocycles. The third kappa shape index (κ3) is 4.84. The van der Waals surface area contributed by atoms with E-state index in [0.717, 1.165) is 41.8 Å². The number of carbonyl (C=O) groups excluding carboxylic acids is 2. The van der Waals surface area contributed by atoms with Crippen LogP contribution >= 0.6 is 0 Å². The van der Waals surface area contributed by atoms with Gasteiger partial charge in [0.05, 0.1) is 36.2 Å². The number of rotatable bonds is 6. The zero-order valence-corrected chi connectivity index (χ0v) is 23.5. The Labute approximate surface area is 225 Å². The van der Waals surface area contributed by atoms with Crippen LogP contribution in [-0.4, -0.2) is 64.9 Å². The summed E-state index contributed by atoms with van der Waals surface area (Å²) in [5, 5.41) is 2.73. The molecule has 0 bridgehead atoms. The lowest BCUT2D eigenvalue weighted by Crippen LogP contribution is -2.51. The molecule has 5 rings (SSSR count). The SMILES string of the molecule is COC(=O)N[C@H](C(=O)N1CC2(CC2)C[C@H]1c1ncc(-c2ccc(B3OC(C)(C)C(C)(C)O3)cc2)[nH]1)C(C)C. The van der Waals surface area contributed by atoms with Gasteiger partial charge in [-0.15, -0.1) is 0 Å². The predicted octanol–water partition coefficient (Wildman–Crippen LogP) is 3.81. The third-order valence-electron chi connectivity index (χ3n) is 8.80. The highest BCUT2D eigenvalue weighted by molar-refractivity contribution is 6.62. The first-order chi connectivity index (χ1) is 17.8. The molecule has 0 radical (unpaired) electrons. The number of nitrogens with zero attached hydrogens (tertiary/aromatic N) is 2. The van der Waals surface area contributed by atoms with E-state index in [0.29, 0.717) is 6.54 Å². The van der Waals surface area contributed by atoms with Gasteiger partial charge in [-0.05, 0) is 69.3 Å². The van der Waals surface area contributed by atoms with E-state index < -0.39 is 19.3 Å². The van der Waals surface area contributed by atoms with E-state index in [1.807, 2.05) is 76.9 Å². The number of nitrogens with one attached hydrogen (secondary N) is 2. The van der Waals surface area contributed by atoms with Gasteiger partial charge in [0.15, 0.2) is 0 Å². The molecule has 1 spiro atoms. The zero-order chi connectivity index (χ0) is 27.5. The van der Waals surface area contributed by atoms with Crippen molar-refractivity contribution in [1.82, 2.24) is 20.2 Å². The normalized spacial score (nSPS) is 23.6. The fraction of sp³-hybridized carbons (Fsp3) is 0.607. The molecular formula is C28H39BN4O5. The lowest BCUT2D eigenvalue weighted by atomic mass is 9.79. The third-order valence-corrected chi connectivity index (χ3v) is 8.80. The fourth-order valence-electron chi connectivity index (χ4n) is 5.40. The number of ether oxygens (including phenoxy) is 1. The van der Waals surface area contributed by atoms with Gasteiger partial charge in [-0.2, -0.15) is 0 Å². The molecule has 9 nitrogen and oxygen atoms in total. The second kappa shape index (κ2) is 9.41. The van der Waals surface area contributed by atoms with Crippen molar-refractivity contribution in [3.05, 3.63) is 36.3 Å². The van der Waals surface area contributed by atoms with E-state index in [1.165, 1.54) is 7.11 Å². The van der Waals surface area contributed by atoms with Crippen molar-refractivity contribution in [1.29, 1.82) is 0 Å². The summed E-state index contributed by atoms with van der Waals surface area (Å²) >= 11 is 0. The monoisotopic (exact) mass is 522 g/mol. The van der Waals surface area contributed by atoms with E-state index >= 15 is 0 Å². The Kier molecular flexibility index (Phi) is 6.63. The smallest absolute Gasteiger partial charge is 0.453 e. The summed E-state index contributed by atoms with van der Waals surface area (Å²) < 4.78 is 17.1. The van der Waals surface area contributed by atoms with Gasteiger partial charge in [-0.1, -0.05) is 38.1 Å². The van der Waals surface area contributed by atoms with Gasteiger partial charge >= 0.3 is 13.2 Å². The molecule has 2 atom stereocenters. The minimum Gasteiger partial charge on any atom is -0.453 e. The van der Waals surface area contributed by atoms with E-state index in [9.17, 15) is 9.59 Å². The predicted molar refractivity (Wildman–Crippen MR) is 145 cm³/mol. The maximum atomic E-state index is 13.7. The van der Waals surface area contributed by atoms with Crippen LogP contribution in [0.3, 0.4) is 0 Å². The molecule has 2 aliphatic heterocycles. The van der Waals surface area contributed by atoms with Crippen molar-refractivity contribution < 1.29 is 23.6 Å². The summed E-state index contributed by atoms with van der Waals surface area (Å²) in [6.45, 7) is 12.7. The van der Waals surface area contributed by atoms with Crippen molar-refractivity contribution in [2.24, 2.45) is 11.3 Å². The molecule has 3 fully saturated rings. The molecule has 38 heavy (non-hydrogen) atoms. The highest BCUT2D eigenvalue weighted by Gasteiger charge is 2.55. The van der Waals surface area contributed by atoms with Crippen LogP contribution < -0.4 is 10.8 Å². The van der Waals surface area contributed by atoms with Crippen LogP contribution in [0.15, 0.2) is 30.5 Å². The van der Waals surface area contributed by atoms with Crippen molar-refractivity contribution in [3.8, 4) is 11.3 Å². The van der Waals surface area contributed by atoms with Crippen molar-refractivity contribution in [3.63, 3.8) is 0 Å². The average Bonchev–Trinajstić information content (AvgIpc) is 3.18. The number of carbonyl (C=O) groups is 2. The van der Waals surface area contributed by atoms with Gasteiger partial charge in [0.25, 0.3) is 0 Å². The maximum absolute atomic E-state index is 13.7. The van der Waals surface area contributed by atoms with Crippen LogP contribution in [0.5, 0.6) is 0 Å². The highest BCUT2D eigenvalue weighted by Crippen LogP contribution is 2.58. The summed E-state index contributed by atoms with van der Waals surface area (Å²) in [7, 11) is 0.896. The molecule has 2 N–H and O–H groups in total. The van der Waals surface area contributed by atoms with Gasteiger partial charge in [0.1, 0.15) is 11.9 Å². The van der Waals surface area contributed by atoms with Crippen molar-refractivity contribution in [2.45, 2.75) is 84.1 Å². The first kappa shape index (κ1) is 26.7. The first-order valence-electron chi connectivity index (χ1n) is 13.5. The van der Waals surface area contributed by atoms with Crippen LogP contribution in [0.25, 0.3) is 11.3 Å². The fourth-order valence-corrected chi connectivity index (χ4v) is 5.40. The number of hydrogen-bond donors (Lipinski definition) is 2. The Morgan fingerprint density at radius 2 is 1.76 bits per heavy atom. The Hall–Kier alpha value is -2.85. The Balaban J connectivity index is 1.34. The lowest BCUT2D eigenvalue weighted by molar-refractivity contribution is -0.135. The summed E-state index contributed by atoms with van der Waals surface area (Å²) in [4.78, 5) is 35.7. The highest BCUT2D eigenvalue weighted by atomic mass is 16.7. The van der Waals surface area contributed by atoms with Gasteiger partial charge in [-0.3, -0.25) is 4.79 Å². The first-order valence-corrected chi connectivity index (χ1v) is 13.5. The molecule has 10 heteroatoms. The van der Waals surface area contributed by atoms with Crippen molar-refractivity contribution in [2.75, 3.05) is 13.7 Å². The molecule has 1 aliphatic carbocycles. The standard InChI is InChI=1S/C28H39BN4O5/c1-17(2)22(32-25(35)36-7)24(34)33-16-28(12-13-28)14-21(33)23-30-15-20(31-23)18-8-10-19(11-9-18)29-37-26(3,4)27(5,6)38-29/h8-11,15,17,21-22H,12-14,16H2,1-7H3,(H,30,31)(H,32,35)/t21-,22-/m0/s1. The molecule has 3 heterocycles. The number of benzene rings is 1. The minimum absolute atomic E-state index is 0.0762. The molecule has 3 aliphatic rings. The van der Waals surface area contributed by atoms with E-state index in [2.05, 4.69) is 10.3 Å². The van der Waals surface area contributed by atoms with E-state index in [1.54, 1.807) is 0 Å². The van der Waals surface area contributed by atoms with Crippen LogP contribution in [0.2, 0.25) is 0 Å². The van der Waals surface area contributed by atoms with Gasteiger partial charge in [-0.25, -0.2) is 9.78 Å². The van der Waals surface area contributed by atoms with Crippen LogP contribution in [0, 0.1) is 11.3 Å². The summed E-state index contributed by atoms with van der Waals surface area (Å²) in [6.07, 6.45) is 4.32. The lowest BCUT2D eigenvalue weighted by Gasteiger charge is -2.32. The number of H-pyrrole nitrogens is 1. The molecule has 1 saturated carbocycles. The van der Waals surface area contributed by atoms with E-state index in [-0.39, 0.29) is 34.5 Å². The number of likely N-dealkylation sites (tertiary alicyclic amines) is 1. The van der Waals surface area contributed by atoms with Crippen molar-refractivity contribution >= 4 is 24.6 Å². The molecule has 2 saturated heterocycles. The second-order valence-corrected chi connectivity index (χ2v) is 12.4. The number of alkyl carbamates (subject to hydrolysis) is 1. The molecular weight excluding hydrogens is 483 g/mol. The number of imidazole rings is 1. The molecule has 204 valence electrons. The number of methoxy groups -OCH3 is 1. The van der Waals surface area contributed by atoms with Gasteiger partial charge < -0.3 is 29.2 Å². The minimum atomic E-state index is -0.657. The molecule has 2 aromatic rings. The number of hydrogen-bond acceptors (Lipinski definition) is 6. The van der Waals surface area contributed by atoms with Gasteiger partial charge in [0, 0.05) is 6.54 Å². The maximum Gasteiger partial charge on any atom is 0.494 e. The van der Waals surface area contributed by atoms with Crippen LogP contribution in [0.1, 0.15) is 72.7 Å². The second-order valence-electron chi connectivity index (χ2n) is 12.4. The Morgan fingerprint density at radius 1 is 1.13 bits per heavy atom. The summed E-state index contributed by atoms with van der Waals surface area (Å²) in [5.74, 6) is 0.601. The van der Waals surface area contributed by atoms with Gasteiger partial charge in [0.2, 0.25) is 5.91 Å². The number of aromatic nitrogens is 2. The molecule has 2 amide bonds. The molecule has 0 unspecified atom stereocenters. The number of aromatic amines is 1. The summed E-state index contributed by atoms with van der Waals surface area (Å²) in [6, 6.07) is 7.29. The molecule has 1 aromatic heterocycles. The zero-order valence-electron chi connectivity index (χ0n) is 23.5. The Bertz CT molecular complexity index is 1190. The van der Waals surface area contributed by atoms with E-state index in [4.69, 9.17) is 19.0 Å².